The van der Waals surface area contributed by atoms with Crippen LogP contribution in [-0.4, -0.2) is 57.5 Å². The van der Waals surface area contributed by atoms with E-state index in [9.17, 15) is 0 Å². The third-order valence-corrected chi connectivity index (χ3v) is 6.07. The molecule has 0 aromatic carbocycles. The first kappa shape index (κ1) is 18.6. The van der Waals surface area contributed by atoms with E-state index in [4.69, 9.17) is 19.6 Å². The number of imidazole rings is 1. The second-order valence-corrected chi connectivity index (χ2v) is 8.33. The Kier molecular flexibility index (Phi) is 4.32. The molecular weight excluding hydrogens is 396 g/mol. The van der Waals surface area contributed by atoms with Crippen LogP contribution in [0.1, 0.15) is 19.8 Å². The topological polar surface area (TPSA) is 104 Å². The number of nitrogens with two attached hydrogens (primary N) is 1. The maximum atomic E-state index is 6.20. The number of rotatable bonds is 4. The molecule has 1 atom stereocenters. The van der Waals surface area contributed by atoms with Gasteiger partial charge in [-0.25, -0.2) is 14.5 Å². The minimum atomic E-state index is 0.127. The van der Waals surface area contributed by atoms with Gasteiger partial charge in [0.25, 0.3) is 0 Å². The molecule has 2 aliphatic rings. The SMILES string of the molecule is C[C@H]1COCCN1c1nccc2oc(-c3cnc4ccc(O[C@H]5C[C@H](N)C5)nn34)cc12. The summed E-state index contributed by atoms with van der Waals surface area (Å²) < 4.78 is 19.5. The molecule has 0 unspecified atom stereocenters. The van der Waals surface area contributed by atoms with Crippen LogP contribution >= 0.6 is 0 Å². The van der Waals surface area contributed by atoms with Gasteiger partial charge in [-0.2, -0.15) is 0 Å². The van der Waals surface area contributed by atoms with Gasteiger partial charge in [0.2, 0.25) is 5.88 Å². The highest BCUT2D eigenvalue weighted by Gasteiger charge is 2.28. The molecule has 1 aliphatic carbocycles. The van der Waals surface area contributed by atoms with Gasteiger partial charge in [-0.1, -0.05) is 0 Å². The molecule has 9 nitrogen and oxygen atoms in total. The smallest absolute Gasteiger partial charge is 0.232 e. The number of hydrogen-bond donors (Lipinski definition) is 1. The van der Waals surface area contributed by atoms with Crippen LogP contribution < -0.4 is 15.4 Å². The van der Waals surface area contributed by atoms with Crippen molar-refractivity contribution in [2.45, 2.75) is 38.0 Å². The number of anilines is 1. The van der Waals surface area contributed by atoms with Crippen LogP contribution in [0.15, 0.2) is 41.1 Å². The molecular formula is C22H24N6O3. The molecule has 1 saturated carbocycles. The quantitative estimate of drug-likeness (QED) is 0.537. The standard InChI is InChI=1S/C22H24N6O3/c1-13-12-29-7-6-27(13)22-16-10-19(31-18(16)4-5-24-22)17-11-25-20-2-3-21(26-28(17)20)30-15-8-14(23)9-15/h2-5,10-11,13-15H,6-9,12,23H2,1H3/t13-,14-,15-/m0/s1. The summed E-state index contributed by atoms with van der Waals surface area (Å²) >= 11 is 0. The normalized spacial score (nSPS) is 23.9. The number of hydrogen-bond acceptors (Lipinski definition) is 8. The fraction of sp³-hybridized carbons (Fsp3) is 0.409. The number of aromatic nitrogens is 4. The minimum absolute atomic E-state index is 0.127. The summed E-state index contributed by atoms with van der Waals surface area (Å²) in [7, 11) is 0. The fourth-order valence-electron chi connectivity index (χ4n) is 4.31. The number of pyridine rings is 1. The van der Waals surface area contributed by atoms with E-state index in [-0.39, 0.29) is 18.2 Å². The van der Waals surface area contributed by atoms with Crippen LogP contribution in [0.3, 0.4) is 0 Å². The average Bonchev–Trinajstić information content (AvgIpc) is 3.36. The second kappa shape index (κ2) is 7.21. The summed E-state index contributed by atoms with van der Waals surface area (Å²) in [6.45, 7) is 4.33. The monoisotopic (exact) mass is 420 g/mol. The Hall–Kier alpha value is -3.17. The van der Waals surface area contributed by atoms with Gasteiger partial charge < -0.3 is 24.5 Å². The first-order chi connectivity index (χ1) is 15.2. The lowest BCUT2D eigenvalue weighted by molar-refractivity contribution is 0.0944. The third kappa shape index (κ3) is 3.21. The van der Waals surface area contributed by atoms with Crippen LogP contribution in [0.2, 0.25) is 0 Å². The summed E-state index contributed by atoms with van der Waals surface area (Å²) in [5.74, 6) is 2.16. The maximum absolute atomic E-state index is 6.20. The number of nitrogens with zero attached hydrogens (tertiary/aromatic N) is 5. The molecule has 2 N–H and O–H groups in total. The third-order valence-electron chi connectivity index (χ3n) is 6.07. The van der Waals surface area contributed by atoms with Crippen molar-refractivity contribution in [3.8, 4) is 17.3 Å². The zero-order valence-electron chi connectivity index (χ0n) is 17.3. The first-order valence-corrected chi connectivity index (χ1v) is 10.7. The van der Waals surface area contributed by atoms with Crippen molar-refractivity contribution in [2.75, 3.05) is 24.7 Å². The van der Waals surface area contributed by atoms with Crippen molar-refractivity contribution in [3.63, 3.8) is 0 Å². The van der Waals surface area contributed by atoms with Crippen LogP contribution in [0, 0.1) is 0 Å². The number of morpholine rings is 1. The molecule has 1 aliphatic heterocycles. The summed E-state index contributed by atoms with van der Waals surface area (Å²) in [6.07, 6.45) is 5.40. The Morgan fingerprint density at radius 1 is 1.19 bits per heavy atom. The van der Waals surface area contributed by atoms with E-state index >= 15 is 0 Å². The molecule has 4 aromatic heterocycles. The number of ether oxygens (including phenoxy) is 2. The zero-order chi connectivity index (χ0) is 20.9. The van der Waals surface area contributed by atoms with Crippen molar-refractivity contribution < 1.29 is 13.9 Å². The van der Waals surface area contributed by atoms with Crippen molar-refractivity contribution in [3.05, 3.63) is 36.7 Å². The average molecular weight is 420 g/mol. The number of furan rings is 1. The first-order valence-electron chi connectivity index (χ1n) is 10.7. The molecule has 0 radical (unpaired) electrons. The molecule has 0 amide bonds. The van der Waals surface area contributed by atoms with Gasteiger partial charge in [0.05, 0.1) is 30.8 Å². The summed E-state index contributed by atoms with van der Waals surface area (Å²) in [5.41, 5.74) is 8.14. The second-order valence-electron chi connectivity index (χ2n) is 8.33. The Bertz CT molecular complexity index is 1240. The Morgan fingerprint density at radius 3 is 2.94 bits per heavy atom. The highest BCUT2D eigenvalue weighted by atomic mass is 16.5. The van der Waals surface area contributed by atoms with E-state index < -0.39 is 0 Å². The largest absolute Gasteiger partial charge is 0.473 e. The van der Waals surface area contributed by atoms with Crippen LogP contribution in [0.4, 0.5) is 5.82 Å². The van der Waals surface area contributed by atoms with Crippen LogP contribution in [0.5, 0.6) is 5.88 Å². The Balaban J connectivity index is 1.38. The van der Waals surface area contributed by atoms with Gasteiger partial charge in [-0.05, 0) is 38.0 Å². The lowest BCUT2D eigenvalue weighted by Gasteiger charge is -2.34. The Morgan fingerprint density at radius 2 is 2.10 bits per heavy atom. The van der Waals surface area contributed by atoms with Gasteiger partial charge in [0.15, 0.2) is 11.4 Å². The van der Waals surface area contributed by atoms with Gasteiger partial charge in [-0.3, -0.25) is 0 Å². The lowest BCUT2D eigenvalue weighted by atomic mass is 9.90. The molecule has 4 aromatic rings. The van der Waals surface area contributed by atoms with Gasteiger partial charge in [-0.15, -0.1) is 5.10 Å². The van der Waals surface area contributed by atoms with Crippen LogP contribution in [0.25, 0.3) is 28.1 Å². The predicted octanol–water partition coefficient (Wildman–Crippen LogP) is 2.63. The molecule has 31 heavy (non-hydrogen) atoms. The van der Waals surface area contributed by atoms with Gasteiger partial charge in [0.1, 0.15) is 23.2 Å². The highest BCUT2D eigenvalue weighted by molar-refractivity contribution is 5.92. The molecule has 6 rings (SSSR count). The van der Waals surface area contributed by atoms with E-state index in [1.165, 1.54) is 0 Å². The van der Waals surface area contributed by atoms with Crippen molar-refractivity contribution in [1.82, 2.24) is 19.6 Å². The van der Waals surface area contributed by atoms with Crippen molar-refractivity contribution in [2.24, 2.45) is 5.73 Å². The number of fused-ring (bicyclic) bond motifs is 2. The molecule has 9 heteroatoms. The molecule has 1 saturated heterocycles. The molecule has 160 valence electrons. The summed E-state index contributed by atoms with van der Waals surface area (Å²) in [5, 5.41) is 5.61. The predicted molar refractivity (Wildman–Crippen MR) is 115 cm³/mol. The molecule has 0 bridgehead atoms. The van der Waals surface area contributed by atoms with Crippen LogP contribution in [-0.2, 0) is 4.74 Å². The van der Waals surface area contributed by atoms with Crippen molar-refractivity contribution in [1.29, 1.82) is 0 Å². The van der Waals surface area contributed by atoms with Gasteiger partial charge >= 0.3 is 0 Å². The Labute approximate surface area is 178 Å². The lowest BCUT2D eigenvalue weighted by Crippen LogP contribution is -2.44. The molecule has 0 spiro atoms. The van der Waals surface area contributed by atoms with E-state index in [1.807, 2.05) is 24.3 Å². The van der Waals surface area contributed by atoms with Crippen molar-refractivity contribution >= 4 is 22.4 Å². The summed E-state index contributed by atoms with van der Waals surface area (Å²) in [6, 6.07) is 8.13. The van der Waals surface area contributed by atoms with E-state index in [2.05, 4.69) is 26.9 Å². The zero-order valence-corrected chi connectivity index (χ0v) is 17.3. The summed E-state index contributed by atoms with van der Waals surface area (Å²) in [4.78, 5) is 11.4. The van der Waals surface area contributed by atoms with E-state index in [0.29, 0.717) is 24.9 Å². The van der Waals surface area contributed by atoms with E-state index in [1.54, 1.807) is 16.9 Å². The fourth-order valence-corrected chi connectivity index (χ4v) is 4.31. The minimum Gasteiger partial charge on any atom is -0.473 e. The molecule has 2 fully saturated rings. The highest BCUT2D eigenvalue weighted by Crippen LogP contribution is 2.34. The van der Waals surface area contributed by atoms with E-state index in [0.717, 1.165) is 47.5 Å². The van der Waals surface area contributed by atoms with Gasteiger partial charge in [0, 0.05) is 24.8 Å². The maximum Gasteiger partial charge on any atom is 0.232 e. The molecule has 5 heterocycles.